The summed E-state index contributed by atoms with van der Waals surface area (Å²) in [6, 6.07) is 6.86. The normalized spacial score (nSPS) is 10.3. The van der Waals surface area contributed by atoms with Crippen molar-refractivity contribution in [3.05, 3.63) is 57.3 Å². The molecule has 0 aliphatic heterocycles. The predicted octanol–water partition coefficient (Wildman–Crippen LogP) is 3.15. The molecule has 2 aromatic rings. The van der Waals surface area contributed by atoms with Gasteiger partial charge in [-0.3, -0.25) is 4.79 Å². The molecule has 0 bridgehead atoms. The van der Waals surface area contributed by atoms with Crippen molar-refractivity contribution < 1.29 is 13.6 Å². The second kappa shape index (κ2) is 6.05. The Kier molecular flexibility index (Phi) is 4.41. The summed E-state index contributed by atoms with van der Waals surface area (Å²) in [6.45, 7) is 0. The van der Waals surface area contributed by atoms with E-state index in [1.165, 1.54) is 6.07 Å². The van der Waals surface area contributed by atoms with Crippen LogP contribution in [0.2, 0.25) is 0 Å². The van der Waals surface area contributed by atoms with Crippen LogP contribution in [0.3, 0.4) is 0 Å². The first-order chi connectivity index (χ1) is 9.04. The maximum absolute atomic E-state index is 13.0. The summed E-state index contributed by atoms with van der Waals surface area (Å²) < 4.78 is 26.7. The largest absolute Gasteiger partial charge is 0.310 e. The summed E-state index contributed by atoms with van der Waals surface area (Å²) in [4.78, 5) is 15.7. The number of anilines is 1. The fraction of sp³-hybridized carbons (Fsp3) is 0.0769. The number of hydrogen-bond donors (Lipinski definition) is 1. The average molecular weight is 374 g/mol. The van der Waals surface area contributed by atoms with Crippen LogP contribution in [-0.2, 0) is 11.2 Å². The molecule has 6 heteroatoms. The van der Waals surface area contributed by atoms with E-state index in [4.69, 9.17) is 0 Å². The summed E-state index contributed by atoms with van der Waals surface area (Å²) in [7, 11) is 0. The van der Waals surface area contributed by atoms with Crippen LogP contribution in [0.15, 0.2) is 36.5 Å². The van der Waals surface area contributed by atoms with Crippen LogP contribution in [0.25, 0.3) is 0 Å². The monoisotopic (exact) mass is 374 g/mol. The molecule has 1 amide bonds. The maximum atomic E-state index is 13.0. The molecular weight excluding hydrogens is 365 g/mol. The van der Waals surface area contributed by atoms with E-state index in [0.717, 1.165) is 15.7 Å². The van der Waals surface area contributed by atoms with E-state index in [-0.39, 0.29) is 12.3 Å². The molecule has 0 radical (unpaired) electrons. The Morgan fingerprint density at radius 3 is 2.63 bits per heavy atom. The zero-order valence-electron chi connectivity index (χ0n) is 9.66. The Bertz CT molecular complexity index is 602. The van der Waals surface area contributed by atoms with E-state index < -0.39 is 11.6 Å². The van der Waals surface area contributed by atoms with Gasteiger partial charge in [-0.15, -0.1) is 0 Å². The van der Waals surface area contributed by atoms with Crippen molar-refractivity contribution in [2.24, 2.45) is 0 Å². The fourth-order valence-corrected chi connectivity index (χ4v) is 1.79. The lowest BCUT2D eigenvalue weighted by Gasteiger charge is -2.05. The Hall–Kier alpha value is -1.57. The van der Waals surface area contributed by atoms with Crippen molar-refractivity contribution >= 4 is 34.3 Å². The lowest BCUT2D eigenvalue weighted by atomic mass is 10.1. The molecule has 98 valence electrons. The Labute approximate surface area is 122 Å². The van der Waals surface area contributed by atoms with Crippen molar-refractivity contribution in [3.63, 3.8) is 0 Å². The third kappa shape index (κ3) is 3.95. The number of nitrogens with zero attached hydrogens (tertiary/aromatic N) is 1. The zero-order chi connectivity index (χ0) is 13.8. The Morgan fingerprint density at radius 1 is 1.21 bits per heavy atom. The standard InChI is InChI=1S/C13H9F2IN2O/c14-10-3-1-8(5-11(10)15)6-13(19)18-12-4-2-9(16)7-17-12/h1-5,7H,6H2,(H,17,18,19). The molecule has 0 unspecified atom stereocenters. The summed E-state index contributed by atoms with van der Waals surface area (Å²) in [5.41, 5.74) is 0.405. The summed E-state index contributed by atoms with van der Waals surface area (Å²) >= 11 is 2.10. The second-order valence-electron chi connectivity index (χ2n) is 3.84. The quantitative estimate of drug-likeness (QED) is 0.839. The third-order valence-electron chi connectivity index (χ3n) is 2.34. The van der Waals surface area contributed by atoms with Gasteiger partial charge < -0.3 is 5.32 Å². The number of carbonyl (C=O) groups is 1. The minimum Gasteiger partial charge on any atom is -0.310 e. The second-order valence-corrected chi connectivity index (χ2v) is 5.08. The van der Waals surface area contributed by atoms with Gasteiger partial charge >= 0.3 is 0 Å². The Morgan fingerprint density at radius 2 is 2.00 bits per heavy atom. The van der Waals surface area contributed by atoms with Gasteiger partial charge in [-0.1, -0.05) is 6.07 Å². The minimum absolute atomic E-state index is 0.0368. The van der Waals surface area contributed by atoms with Crippen LogP contribution in [0.5, 0.6) is 0 Å². The first-order valence-corrected chi connectivity index (χ1v) is 6.48. The highest BCUT2D eigenvalue weighted by Crippen LogP contribution is 2.11. The van der Waals surface area contributed by atoms with E-state index >= 15 is 0 Å². The SMILES string of the molecule is O=C(Cc1ccc(F)c(F)c1)Nc1ccc(I)cn1. The van der Waals surface area contributed by atoms with Crippen LogP contribution in [0, 0.1) is 15.2 Å². The predicted molar refractivity (Wildman–Crippen MR) is 75.6 cm³/mol. The molecule has 0 spiro atoms. The van der Waals surface area contributed by atoms with Gasteiger partial charge in [-0.25, -0.2) is 13.8 Å². The van der Waals surface area contributed by atoms with Gasteiger partial charge in [-0.2, -0.15) is 0 Å². The topological polar surface area (TPSA) is 42.0 Å². The van der Waals surface area contributed by atoms with Crippen molar-refractivity contribution in [3.8, 4) is 0 Å². The molecule has 1 N–H and O–H groups in total. The molecule has 0 saturated heterocycles. The maximum Gasteiger partial charge on any atom is 0.229 e. The molecule has 19 heavy (non-hydrogen) atoms. The number of benzene rings is 1. The molecule has 2 rings (SSSR count). The molecule has 3 nitrogen and oxygen atoms in total. The van der Waals surface area contributed by atoms with Crippen LogP contribution < -0.4 is 5.32 Å². The molecule has 1 heterocycles. The van der Waals surface area contributed by atoms with Crippen LogP contribution in [0.1, 0.15) is 5.56 Å². The van der Waals surface area contributed by atoms with E-state index in [1.54, 1.807) is 18.3 Å². The highest BCUT2D eigenvalue weighted by Gasteiger charge is 2.08. The number of aromatic nitrogens is 1. The number of pyridine rings is 1. The number of carbonyl (C=O) groups excluding carboxylic acids is 1. The number of amides is 1. The number of hydrogen-bond acceptors (Lipinski definition) is 2. The van der Waals surface area contributed by atoms with Gasteiger partial charge in [-0.05, 0) is 52.4 Å². The molecule has 0 atom stereocenters. The fourth-order valence-electron chi connectivity index (χ4n) is 1.47. The van der Waals surface area contributed by atoms with Crippen molar-refractivity contribution in [1.29, 1.82) is 0 Å². The number of rotatable bonds is 3. The first-order valence-electron chi connectivity index (χ1n) is 5.40. The van der Waals surface area contributed by atoms with E-state index in [0.29, 0.717) is 11.4 Å². The molecule has 0 aliphatic rings. The van der Waals surface area contributed by atoms with Crippen LogP contribution in [-0.4, -0.2) is 10.9 Å². The van der Waals surface area contributed by atoms with Crippen LogP contribution >= 0.6 is 22.6 Å². The lowest BCUT2D eigenvalue weighted by molar-refractivity contribution is -0.115. The minimum atomic E-state index is -0.960. The van der Waals surface area contributed by atoms with Gasteiger partial charge in [0.05, 0.1) is 6.42 Å². The molecule has 1 aromatic carbocycles. The Balaban J connectivity index is 2.01. The number of halogens is 3. The smallest absolute Gasteiger partial charge is 0.229 e. The van der Waals surface area contributed by atoms with Gasteiger partial charge in [0.1, 0.15) is 5.82 Å². The average Bonchev–Trinajstić information content (AvgIpc) is 2.37. The summed E-state index contributed by atoms with van der Waals surface area (Å²) in [5, 5.41) is 2.58. The molecular formula is C13H9F2IN2O. The zero-order valence-corrected chi connectivity index (χ0v) is 11.8. The van der Waals surface area contributed by atoms with E-state index in [1.807, 2.05) is 0 Å². The van der Waals surface area contributed by atoms with Gasteiger partial charge in [0.2, 0.25) is 5.91 Å². The third-order valence-corrected chi connectivity index (χ3v) is 2.98. The van der Waals surface area contributed by atoms with Crippen molar-refractivity contribution in [1.82, 2.24) is 4.98 Å². The molecule has 0 aliphatic carbocycles. The molecule has 1 aromatic heterocycles. The van der Waals surface area contributed by atoms with Crippen molar-refractivity contribution in [2.45, 2.75) is 6.42 Å². The molecule has 0 fully saturated rings. The molecule has 0 saturated carbocycles. The van der Waals surface area contributed by atoms with Gasteiger partial charge in [0.25, 0.3) is 0 Å². The first kappa shape index (κ1) is 13.9. The summed E-state index contributed by atoms with van der Waals surface area (Å²) in [5.74, 6) is -1.80. The highest BCUT2D eigenvalue weighted by atomic mass is 127. The van der Waals surface area contributed by atoms with Gasteiger partial charge in [0.15, 0.2) is 11.6 Å². The van der Waals surface area contributed by atoms with E-state index in [2.05, 4.69) is 32.9 Å². The van der Waals surface area contributed by atoms with E-state index in [9.17, 15) is 13.6 Å². The number of nitrogens with one attached hydrogen (secondary N) is 1. The van der Waals surface area contributed by atoms with Crippen molar-refractivity contribution in [2.75, 3.05) is 5.32 Å². The highest BCUT2D eigenvalue weighted by molar-refractivity contribution is 14.1. The van der Waals surface area contributed by atoms with Crippen LogP contribution in [0.4, 0.5) is 14.6 Å². The van der Waals surface area contributed by atoms with Gasteiger partial charge in [0, 0.05) is 9.77 Å². The lowest BCUT2D eigenvalue weighted by Crippen LogP contribution is -2.15. The summed E-state index contributed by atoms with van der Waals surface area (Å²) in [6.07, 6.45) is 1.58.